The third-order valence-corrected chi connectivity index (χ3v) is 9.08. The standard InChI is InChI=1S/C26H21Cl5N4O3S/c1-38-16-9-7-15(8-10-16)33-25(37)17-13-18(36)35(26(39-17)34-14-5-3-2-4-6-14)12-11-32-24-22(30)20(28)19(27)21(29)23(24)31/h2-10,17,32H,11-13H2,1H3,(H,33,37)/t17-/m0/s1. The van der Waals surface area contributed by atoms with Gasteiger partial charge in [0.2, 0.25) is 11.8 Å². The van der Waals surface area contributed by atoms with E-state index in [1.807, 2.05) is 30.3 Å². The summed E-state index contributed by atoms with van der Waals surface area (Å²) in [5.74, 6) is 0.105. The second kappa shape index (κ2) is 13.4. The number of methoxy groups -OCH3 is 1. The number of ether oxygens (including phenoxy) is 1. The fourth-order valence-corrected chi connectivity index (χ4v) is 6.02. The Kier molecular flexibility index (Phi) is 10.1. The number of nitrogens with one attached hydrogen (secondary N) is 2. The van der Waals surface area contributed by atoms with E-state index in [0.29, 0.717) is 28.0 Å². The molecule has 0 saturated carbocycles. The summed E-state index contributed by atoms with van der Waals surface area (Å²) in [5, 5.41) is 6.06. The van der Waals surface area contributed by atoms with Crippen molar-refractivity contribution in [3.05, 3.63) is 79.7 Å². The first-order valence-electron chi connectivity index (χ1n) is 11.5. The van der Waals surface area contributed by atoms with Gasteiger partial charge in [0.25, 0.3) is 0 Å². The molecular weight excluding hydrogens is 626 g/mol. The van der Waals surface area contributed by atoms with Crippen LogP contribution < -0.4 is 15.4 Å². The second-order valence-corrected chi connectivity index (χ2v) is 11.2. The fourth-order valence-electron chi connectivity index (χ4n) is 3.62. The minimum atomic E-state index is -0.677. The van der Waals surface area contributed by atoms with E-state index >= 15 is 0 Å². The van der Waals surface area contributed by atoms with Crippen LogP contribution in [0.1, 0.15) is 6.42 Å². The number of benzene rings is 3. The van der Waals surface area contributed by atoms with Gasteiger partial charge in [0.15, 0.2) is 5.17 Å². The number of anilines is 2. The van der Waals surface area contributed by atoms with Gasteiger partial charge in [0.1, 0.15) is 11.0 Å². The van der Waals surface area contributed by atoms with E-state index in [4.69, 9.17) is 62.7 Å². The summed E-state index contributed by atoms with van der Waals surface area (Å²) >= 11 is 32.2. The average Bonchev–Trinajstić information content (AvgIpc) is 2.94. The van der Waals surface area contributed by atoms with Gasteiger partial charge >= 0.3 is 0 Å². The number of amidine groups is 1. The summed E-state index contributed by atoms with van der Waals surface area (Å²) in [5.41, 5.74) is 1.54. The maximum Gasteiger partial charge on any atom is 0.238 e. The third-order valence-electron chi connectivity index (χ3n) is 5.62. The number of halogens is 5. The highest BCUT2D eigenvalue weighted by molar-refractivity contribution is 8.15. The van der Waals surface area contributed by atoms with Gasteiger partial charge in [-0.25, -0.2) is 4.99 Å². The number of carbonyl (C=O) groups is 2. The first kappa shape index (κ1) is 29.6. The maximum absolute atomic E-state index is 13.3. The van der Waals surface area contributed by atoms with E-state index in [9.17, 15) is 9.59 Å². The van der Waals surface area contributed by atoms with Crippen molar-refractivity contribution in [3.63, 3.8) is 0 Å². The molecule has 2 N–H and O–H groups in total. The van der Waals surface area contributed by atoms with Crippen LogP contribution >= 0.6 is 69.8 Å². The van der Waals surface area contributed by atoms with Gasteiger partial charge in [0.05, 0.1) is 43.6 Å². The van der Waals surface area contributed by atoms with E-state index in [0.717, 1.165) is 0 Å². The van der Waals surface area contributed by atoms with Crippen molar-refractivity contribution >= 4 is 104 Å². The van der Waals surface area contributed by atoms with Crippen LogP contribution in [0.15, 0.2) is 59.6 Å². The topological polar surface area (TPSA) is 83.0 Å². The number of thioether (sulfide) groups is 1. The Morgan fingerprint density at radius 3 is 2.21 bits per heavy atom. The molecule has 0 aliphatic carbocycles. The van der Waals surface area contributed by atoms with Crippen LogP contribution in [-0.2, 0) is 9.59 Å². The summed E-state index contributed by atoms with van der Waals surface area (Å²) in [6.07, 6.45) is -0.0133. The van der Waals surface area contributed by atoms with Crippen molar-refractivity contribution < 1.29 is 14.3 Å². The average molecular weight is 647 g/mol. The molecule has 13 heteroatoms. The van der Waals surface area contributed by atoms with Crippen LogP contribution in [0.3, 0.4) is 0 Å². The second-order valence-electron chi connectivity index (χ2n) is 8.18. The molecule has 7 nitrogen and oxygen atoms in total. The number of aliphatic imine (C=N–C) groups is 1. The summed E-state index contributed by atoms with van der Waals surface area (Å²) in [4.78, 5) is 32.5. The molecule has 3 aromatic rings. The number of rotatable bonds is 8. The molecule has 1 heterocycles. The SMILES string of the molecule is COc1ccc(NC(=O)[C@@H]2CC(=O)N(CCNc3c(Cl)c(Cl)c(Cl)c(Cl)c3Cl)C(=Nc3ccccc3)S2)cc1. The number of carbonyl (C=O) groups excluding carboxylic acids is 2. The highest BCUT2D eigenvalue weighted by Gasteiger charge is 2.36. The lowest BCUT2D eigenvalue weighted by Gasteiger charge is -2.32. The molecule has 1 saturated heterocycles. The molecule has 204 valence electrons. The van der Waals surface area contributed by atoms with E-state index < -0.39 is 5.25 Å². The molecule has 0 bridgehead atoms. The van der Waals surface area contributed by atoms with Gasteiger partial charge in [0, 0.05) is 25.2 Å². The summed E-state index contributed by atoms with van der Waals surface area (Å²) < 4.78 is 5.16. The lowest BCUT2D eigenvalue weighted by Crippen LogP contribution is -2.46. The van der Waals surface area contributed by atoms with Gasteiger partial charge in [-0.2, -0.15) is 0 Å². The Morgan fingerprint density at radius 2 is 1.59 bits per heavy atom. The van der Waals surface area contributed by atoms with Crippen molar-refractivity contribution in [2.24, 2.45) is 4.99 Å². The van der Waals surface area contributed by atoms with Crippen LogP contribution in [0, 0.1) is 0 Å². The first-order chi connectivity index (χ1) is 18.7. The van der Waals surface area contributed by atoms with E-state index in [1.165, 1.54) is 16.7 Å². The van der Waals surface area contributed by atoms with Crippen molar-refractivity contribution in [2.75, 3.05) is 30.8 Å². The zero-order valence-electron chi connectivity index (χ0n) is 20.3. The van der Waals surface area contributed by atoms with Gasteiger partial charge in [-0.05, 0) is 36.4 Å². The van der Waals surface area contributed by atoms with Crippen molar-refractivity contribution in [1.29, 1.82) is 0 Å². The number of amides is 2. The molecule has 0 unspecified atom stereocenters. The molecule has 4 rings (SSSR count). The largest absolute Gasteiger partial charge is 0.497 e. The smallest absolute Gasteiger partial charge is 0.238 e. The monoisotopic (exact) mass is 644 g/mol. The van der Waals surface area contributed by atoms with Crippen molar-refractivity contribution in [3.8, 4) is 5.75 Å². The zero-order chi connectivity index (χ0) is 28.1. The zero-order valence-corrected chi connectivity index (χ0v) is 24.9. The predicted octanol–water partition coefficient (Wildman–Crippen LogP) is 8.03. The maximum atomic E-state index is 13.3. The Balaban J connectivity index is 1.52. The highest BCUT2D eigenvalue weighted by Crippen LogP contribution is 2.46. The number of hydrogen-bond donors (Lipinski definition) is 2. The van der Waals surface area contributed by atoms with E-state index in [2.05, 4.69) is 15.6 Å². The van der Waals surface area contributed by atoms with Gasteiger partial charge in [-0.3, -0.25) is 14.5 Å². The molecule has 1 fully saturated rings. The minimum absolute atomic E-state index is 0.0133. The molecule has 0 aromatic heterocycles. The molecule has 1 atom stereocenters. The number of nitrogens with zero attached hydrogens (tertiary/aromatic N) is 2. The fraction of sp³-hybridized carbons (Fsp3) is 0.192. The highest BCUT2D eigenvalue weighted by atomic mass is 35.5. The van der Waals surface area contributed by atoms with Crippen molar-refractivity contribution in [2.45, 2.75) is 11.7 Å². The Labute approximate surface area is 254 Å². The molecule has 1 aliphatic rings. The van der Waals surface area contributed by atoms with Crippen molar-refractivity contribution in [1.82, 2.24) is 4.90 Å². The Bertz CT molecular complexity index is 1380. The lowest BCUT2D eigenvalue weighted by molar-refractivity contribution is -0.129. The number of para-hydroxylation sites is 1. The Morgan fingerprint density at radius 1 is 0.974 bits per heavy atom. The first-order valence-corrected chi connectivity index (χ1v) is 14.3. The van der Waals surface area contributed by atoms with E-state index in [1.54, 1.807) is 31.4 Å². The Hall–Kier alpha value is -2.33. The number of hydrogen-bond acceptors (Lipinski definition) is 6. The third kappa shape index (κ3) is 7.06. The van der Waals surface area contributed by atoms with Gasteiger partial charge < -0.3 is 15.4 Å². The summed E-state index contributed by atoms with van der Waals surface area (Å²) in [6.45, 7) is 0.436. The lowest BCUT2D eigenvalue weighted by atomic mass is 10.2. The van der Waals surface area contributed by atoms with Gasteiger partial charge in [-0.15, -0.1) is 0 Å². The van der Waals surface area contributed by atoms with Crippen LogP contribution in [0.4, 0.5) is 17.1 Å². The molecule has 2 amide bonds. The summed E-state index contributed by atoms with van der Waals surface area (Å²) in [6, 6.07) is 16.1. The minimum Gasteiger partial charge on any atom is -0.497 e. The molecule has 0 radical (unpaired) electrons. The molecular formula is C26H21Cl5N4O3S. The van der Waals surface area contributed by atoms with Crippen LogP contribution in [0.5, 0.6) is 5.75 Å². The quantitative estimate of drug-likeness (QED) is 0.191. The van der Waals surface area contributed by atoms with Crippen LogP contribution in [0.2, 0.25) is 25.1 Å². The van der Waals surface area contributed by atoms with Gasteiger partial charge in [-0.1, -0.05) is 88.0 Å². The molecule has 3 aromatic carbocycles. The molecule has 1 aliphatic heterocycles. The summed E-state index contributed by atoms with van der Waals surface area (Å²) in [7, 11) is 1.57. The molecule has 0 spiro atoms. The normalized spacial score (nSPS) is 16.4. The molecule has 39 heavy (non-hydrogen) atoms. The van der Waals surface area contributed by atoms with E-state index in [-0.39, 0.29) is 56.4 Å². The van der Waals surface area contributed by atoms with Crippen LogP contribution in [-0.4, -0.2) is 47.3 Å². The predicted molar refractivity (Wildman–Crippen MR) is 163 cm³/mol. The van der Waals surface area contributed by atoms with Crippen LogP contribution in [0.25, 0.3) is 0 Å².